The van der Waals surface area contributed by atoms with Crippen LogP contribution in [0.4, 0.5) is 0 Å². The molecule has 0 radical (unpaired) electrons. The molecule has 5 rings (SSSR count). The van der Waals surface area contributed by atoms with Crippen LogP contribution in [0, 0.1) is 6.92 Å². The molecule has 2 N–H and O–H groups in total. The second kappa shape index (κ2) is 10.4. The Morgan fingerprint density at radius 2 is 1.85 bits per heavy atom. The molecular weight excluding hydrogens is 496 g/mol. The third-order valence-corrected chi connectivity index (χ3v) is 6.89. The van der Waals surface area contributed by atoms with Gasteiger partial charge in [-0.05, 0) is 66.8 Å². The van der Waals surface area contributed by atoms with Gasteiger partial charge in [0, 0.05) is 13.6 Å². The summed E-state index contributed by atoms with van der Waals surface area (Å²) in [6.07, 6.45) is 1.25. The number of aromatic carboxylic acids is 1. The molecule has 1 aliphatic rings. The maximum absolute atomic E-state index is 12.1. The zero-order valence-electron chi connectivity index (χ0n) is 21.8. The summed E-state index contributed by atoms with van der Waals surface area (Å²) in [6, 6.07) is 19.8. The number of fused-ring (bicyclic) bond motifs is 2. The van der Waals surface area contributed by atoms with Gasteiger partial charge in [0.05, 0.1) is 11.6 Å². The maximum atomic E-state index is 12.1. The largest absolute Gasteiger partial charge is 0.510 e. The van der Waals surface area contributed by atoms with E-state index < -0.39 is 12.0 Å². The Morgan fingerprint density at radius 1 is 1.10 bits per heavy atom. The average molecular weight is 525 g/mol. The van der Waals surface area contributed by atoms with Gasteiger partial charge in [0.1, 0.15) is 11.3 Å². The molecule has 9 heteroatoms. The van der Waals surface area contributed by atoms with Crippen LogP contribution >= 0.6 is 0 Å². The second-order valence-electron chi connectivity index (χ2n) is 9.47. The first-order chi connectivity index (χ1) is 18.8. The topological polar surface area (TPSA) is 119 Å². The number of aryl methyl sites for hydroxylation is 1. The number of guanidine groups is 1. The van der Waals surface area contributed by atoms with E-state index in [-0.39, 0.29) is 28.9 Å². The zero-order valence-corrected chi connectivity index (χ0v) is 21.8. The molecule has 0 bridgehead atoms. The lowest BCUT2D eigenvalue weighted by molar-refractivity contribution is -0.114. The predicted octanol–water partition coefficient (Wildman–Crippen LogP) is 5.17. The Labute approximate surface area is 225 Å². The van der Waals surface area contributed by atoms with Gasteiger partial charge in [-0.15, -0.1) is 0 Å². The molecular formula is C30H28N4O5. The molecule has 0 aliphatic carbocycles. The number of carboxylic acid groups (broad SMARTS) is 1. The van der Waals surface area contributed by atoms with Gasteiger partial charge >= 0.3 is 5.97 Å². The molecule has 1 unspecified atom stereocenters. The first-order valence-electron chi connectivity index (χ1n) is 12.5. The number of aliphatic imine (C=N–C) groups is 1. The number of oxazole rings is 1. The highest BCUT2D eigenvalue weighted by atomic mass is 16.4. The molecule has 2 heterocycles. The average Bonchev–Trinajstić information content (AvgIpc) is 3.36. The lowest BCUT2D eigenvalue weighted by Crippen LogP contribution is -2.47. The number of carbonyl (C=O) groups excluding carboxylic acids is 1. The lowest BCUT2D eigenvalue weighted by Gasteiger charge is -2.41. The highest BCUT2D eigenvalue weighted by molar-refractivity contribution is 5.94. The van der Waals surface area contributed by atoms with E-state index in [1.807, 2.05) is 54.3 Å². The van der Waals surface area contributed by atoms with Gasteiger partial charge in [-0.1, -0.05) is 42.5 Å². The molecule has 0 spiro atoms. The number of carboxylic acids is 1. The van der Waals surface area contributed by atoms with Gasteiger partial charge in [-0.25, -0.2) is 14.8 Å². The number of nitrogens with zero attached hydrogens (tertiary/aromatic N) is 4. The molecule has 3 aromatic carbocycles. The number of carbonyl (C=O) groups is 2. The SMILES string of the molecule is C/C(O)=C(\N=C(/N(C)C=O)N1CCc2ccc(C(=O)O)cc2C1c1ccccc1C)c1nc2ccccc2o1. The molecule has 1 atom stereocenters. The van der Waals surface area contributed by atoms with Crippen molar-refractivity contribution in [2.75, 3.05) is 13.6 Å². The van der Waals surface area contributed by atoms with Crippen LogP contribution in [-0.4, -0.2) is 56.9 Å². The van der Waals surface area contributed by atoms with E-state index in [9.17, 15) is 19.8 Å². The fraction of sp³-hybridized carbons (Fsp3) is 0.200. The van der Waals surface area contributed by atoms with Gasteiger partial charge in [0.15, 0.2) is 11.3 Å². The van der Waals surface area contributed by atoms with Crippen LogP contribution in [-0.2, 0) is 11.2 Å². The van der Waals surface area contributed by atoms with Gasteiger partial charge < -0.3 is 19.5 Å². The normalized spacial score (nSPS) is 16.0. The number of amides is 1. The van der Waals surface area contributed by atoms with Gasteiger partial charge in [-0.2, -0.15) is 0 Å². The van der Waals surface area contributed by atoms with E-state index in [1.165, 1.54) is 11.8 Å². The Kier molecular flexibility index (Phi) is 6.89. The molecule has 198 valence electrons. The van der Waals surface area contributed by atoms with E-state index in [1.54, 1.807) is 31.3 Å². The van der Waals surface area contributed by atoms with E-state index in [4.69, 9.17) is 9.41 Å². The highest BCUT2D eigenvalue weighted by Gasteiger charge is 2.34. The molecule has 1 aromatic heterocycles. The maximum Gasteiger partial charge on any atom is 0.335 e. The number of para-hydroxylation sites is 2. The van der Waals surface area contributed by atoms with Crippen molar-refractivity contribution in [1.82, 2.24) is 14.8 Å². The molecule has 0 fully saturated rings. The Hall–Kier alpha value is -4.92. The number of hydrogen-bond acceptors (Lipinski definition) is 6. The summed E-state index contributed by atoms with van der Waals surface area (Å²) in [7, 11) is 1.58. The van der Waals surface area contributed by atoms with Crippen molar-refractivity contribution in [2.24, 2.45) is 4.99 Å². The lowest BCUT2D eigenvalue weighted by atomic mass is 9.85. The quantitative estimate of drug-likeness (QED) is 0.160. The number of benzene rings is 3. The summed E-state index contributed by atoms with van der Waals surface area (Å²) < 4.78 is 5.90. The summed E-state index contributed by atoms with van der Waals surface area (Å²) >= 11 is 0. The second-order valence-corrected chi connectivity index (χ2v) is 9.47. The van der Waals surface area contributed by atoms with Crippen molar-refractivity contribution in [1.29, 1.82) is 0 Å². The van der Waals surface area contributed by atoms with Crippen LogP contribution in [0.3, 0.4) is 0 Å². The molecule has 39 heavy (non-hydrogen) atoms. The van der Waals surface area contributed by atoms with E-state index in [2.05, 4.69) is 4.98 Å². The van der Waals surface area contributed by atoms with Crippen molar-refractivity contribution < 1.29 is 24.2 Å². The Morgan fingerprint density at radius 3 is 2.54 bits per heavy atom. The van der Waals surface area contributed by atoms with Crippen LogP contribution in [0.5, 0.6) is 0 Å². The number of aliphatic hydroxyl groups excluding tert-OH is 1. The smallest absolute Gasteiger partial charge is 0.335 e. The van der Waals surface area contributed by atoms with Crippen molar-refractivity contribution >= 4 is 35.1 Å². The molecule has 1 aliphatic heterocycles. The van der Waals surface area contributed by atoms with Crippen LogP contribution in [0.1, 0.15) is 51.5 Å². The monoisotopic (exact) mass is 524 g/mol. The minimum Gasteiger partial charge on any atom is -0.510 e. The van der Waals surface area contributed by atoms with Crippen molar-refractivity contribution in [3.05, 3.63) is 106 Å². The number of aromatic nitrogens is 1. The summed E-state index contributed by atoms with van der Waals surface area (Å²) in [5.74, 6) is -0.771. The number of hydrogen-bond donors (Lipinski definition) is 2. The van der Waals surface area contributed by atoms with Crippen LogP contribution in [0.25, 0.3) is 16.8 Å². The zero-order chi connectivity index (χ0) is 27.7. The Balaban J connectivity index is 1.71. The molecule has 1 amide bonds. The molecule has 4 aromatic rings. The fourth-order valence-corrected chi connectivity index (χ4v) is 4.94. The Bertz CT molecular complexity index is 1600. The standard InChI is InChI=1S/C30H28N4O5/c1-18-8-4-5-9-22(18)27-23-16-21(29(37)38)13-12-20(23)14-15-34(27)30(33(3)17-35)32-26(19(2)36)28-31-24-10-6-7-11-25(24)39-28/h4-13,16-17,27,36H,14-15H2,1-3H3,(H,37,38)/b26-19+,32-30+. The van der Waals surface area contributed by atoms with Crippen molar-refractivity contribution in [3.8, 4) is 0 Å². The summed E-state index contributed by atoms with van der Waals surface area (Å²) in [5, 5.41) is 20.4. The minimum atomic E-state index is -1.02. The van der Waals surface area contributed by atoms with Crippen molar-refractivity contribution in [3.63, 3.8) is 0 Å². The van der Waals surface area contributed by atoms with E-state index >= 15 is 0 Å². The number of allylic oxidation sites excluding steroid dienone is 1. The van der Waals surface area contributed by atoms with Crippen LogP contribution < -0.4 is 0 Å². The van der Waals surface area contributed by atoms with E-state index in [0.29, 0.717) is 30.5 Å². The molecule has 0 saturated heterocycles. The minimum absolute atomic E-state index is 0.0866. The van der Waals surface area contributed by atoms with Gasteiger partial charge in [0.25, 0.3) is 0 Å². The number of aliphatic hydroxyl groups is 1. The molecule has 0 saturated carbocycles. The predicted molar refractivity (Wildman–Crippen MR) is 147 cm³/mol. The van der Waals surface area contributed by atoms with Crippen molar-refractivity contribution in [2.45, 2.75) is 26.3 Å². The molecule has 9 nitrogen and oxygen atoms in total. The highest BCUT2D eigenvalue weighted by Crippen LogP contribution is 2.38. The summed E-state index contributed by atoms with van der Waals surface area (Å²) in [6.45, 7) is 3.96. The summed E-state index contributed by atoms with van der Waals surface area (Å²) in [4.78, 5) is 36.6. The first kappa shape index (κ1) is 25.7. The first-order valence-corrected chi connectivity index (χ1v) is 12.5. The van der Waals surface area contributed by atoms with E-state index in [0.717, 1.165) is 22.3 Å². The third-order valence-electron chi connectivity index (χ3n) is 6.89. The number of rotatable bonds is 5. The van der Waals surface area contributed by atoms with Crippen LogP contribution in [0.15, 0.2) is 81.9 Å². The van der Waals surface area contributed by atoms with Crippen LogP contribution in [0.2, 0.25) is 0 Å². The summed E-state index contributed by atoms with van der Waals surface area (Å²) in [5.41, 5.74) is 5.19. The van der Waals surface area contributed by atoms with Gasteiger partial charge in [0.2, 0.25) is 18.3 Å². The fourth-order valence-electron chi connectivity index (χ4n) is 4.94. The third kappa shape index (κ3) is 4.86. The van der Waals surface area contributed by atoms with Gasteiger partial charge in [-0.3, -0.25) is 9.69 Å².